The molecule has 40 heavy (non-hydrogen) atoms. The number of hydrogen-bond acceptors (Lipinski definition) is 4. The van der Waals surface area contributed by atoms with Gasteiger partial charge < -0.3 is 42.5 Å². The molecule has 228 valence electrons. The highest BCUT2D eigenvalue weighted by molar-refractivity contribution is 5.91. The first kappa shape index (κ1) is 31.9. The summed E-state index contributed by atoms with van der Waals surface area (Å²) in [5.74, 6) is 1.52. The maximum atomic E-state index is 12.0. The molecule has 0 aromatic carbocycles. The van der Waals surface area contributed by atoms with Crippen LogP contribution >= 0.6 is 0 Å². The Labute approximate surface area is 240 Å². The van der Waals surface area contributed by atoms with E-state index in [0.29, 0.717) is 38.0 Å². The topological polar surface area (TPSA) is 165 Å². The molecule has 2 aliphatic carbocycles. The number of guanidine groups is 2. The number of piperazine rings is 1. The molecule has 0 bridgehead atoms. The first-order chi connectivity index (χ1) is 19.5. The van der Waals surface area contributed by atoms with Crippen molar-refractivity contribution in [3.63, 3.8) is 0 Å². The first-order valence-corrected chi connectivity index (χ1v) is 15.6. The fourth-order valence-electron chi connectivity index (χ4n) is 5.90. The molecule has 3 rings (SSSR count). The Balaban J connectivity index is 1.15. The molecule has 12 heteroatoms. The minimum atomic E-state index is -0.354. The van der Waals surface area contributed by atoms with E-state index in [4.69, 9.17) is 11.5 Å². The summed E-state index contributed by atoms with van der Waals surface area (Å²) in [4.78, 5) is 36.7. The van der Waals surface area contributed by atoms with Crippen LogP contribution < -0.4 is 32.7 Å². The van der Waals surface area contributed by atoms with Crippen molar-refractivity contribution in [1.82, 2.24) is 31.1 Å². The molecular formula is C28H54N10O2. The Morgan fingerprint density at radius 2 is 0.975 bits per heavy atom. The van der Waals surface area contributed by atoms with Crippen molar-refractivity contribution in [1.29, 1.82) is 0 Å². The summed E-state index contributed by atoms with van der Waals surface area (Å²) in [7, 11) is 0. The van der Waals surface area contributed by atoms with Crippen LogP contribution in [0.15, 0.2) is 9.98 Å². The van der Waals surface area contributed by atoms with Crippen LogP contribution in [-0.4, -0.2) is 99.2 Å². The average molecular weight is 563 g/mol. The van der Waals surface area contributed by atoms with E-state index in [1.165, 1.54) is 64.2 Å². The van der Waals surface area contributed by atoms with Gasteiger partial charge in [0.1, 0.15) is 0 Å². The molecule has 3 fully saturated rings. The lowest BCUT2D eigenvalue weighted by Crippen LogP contribution is -2.47. The molecule has 1 saturated heterocycles. The van der Waals surface area contributed by atoms with Gasteiger partial charge in [-0.05, 0) is 63.5 Å². The third-order valence-electron chi connectivity index (χ3n) is 8.36. The fraction of sp³-hybridized carbons (Fsp3) is 0.857. The largest absolute Gasteiger partial charge is 0.370 e. The first-order valence-electron chi connectivity index (χ1n) is 15.6. The number of nitrogens with two attached hydrogens (primary N) is 2. The van der Waals surface area contributed by atoms with E-state index in [2.05, 4.69) is 41.1 Å². The number of hydrogen-bond donors (Lipinski definition) is 6. The van der Waals surface area contributed by atoms with Gasteiger partial charge in [-0.1, -0.05) is 38.5 Å². The zero-order valence-corrected chi connectivity index (χ0v) is 24.5. The van der Waals surface area contributed by atoms with Gasteiger partial charge in [0.15, 0.2) is 11.9 Å². The van der Waals surface area contributed by atoms with E-state index in [9.17, 15) is 9.59 Å². The number of nitrogens with one attached hydrogen (secondary N) is 4. The molecule has 1 aliphatic heterocycles. The number of carbonyl (C=O) groups is 2. The third kappa shape index (κ3) is 13.6. The predicted molar refractivity (Wildman–Crippen MR) is 161 cm³/mol. The predicted octanol–water partition coefficient (Wildman–Crippen LogP) is 1.77. The van der Waals surface area contributed by atoms with Gasteiger partial charge in [0.25, 0.3) is 0 Å². The molecule has 0 atom stereocenters. The molecule has 1 heterocycles. The molecule has 3 aliphatic rings. The molecule has 4 amide bonds. The second-order valence-electron chi connectivity index (χ2n) is 11.6. The number of amides is 4. The summed E-state index contributed by atoms with van der Waals surface area (Å²) in [6.45, 7) is 8.88. The maximum Gasteiger partial charge on any atom is 0.344 e. The van der Waals surface area contributed by atoms with E-state index in [-0.39, 0.29) is 24.0 Å². The minimum absolute atomic E-state index is 0.185. The molecule has 0 spiro atoms. The monoisotopic (exact) mass is 562 g/mol. The number of rotatable bonds is 12. The van der Waals surface area contributed by atoms with Crippen molar-refractivity contribution in [3.05, 3.63) is 0 Å². The molecule has 0 radical (unpaired) electrons. The Morgan fingerprint density at radius 3 is 1.35 bits per heavy atom. The lowest BCUT2D eigenvalue weighted by molar-refractivity contribution is 0.131. The van der Waals surface area contributed by atoms with Crippen LogP contribution in [0.25, 0.3) is 0 Å². The lowest BCUT2D eigenvalue weighted by atomic mass is 9.89. The summed E-state index contributed by atoms with van der Waals surface area (Å²) in [5, 5.41) is 11.9. The second-order valence-corrected chi connectivity index (χ2v) is 11.6. The Bertz CT molecular complexity index is 735. The molecule has 2 saturated carbocycles. The van der Waals surface area contributed by atoms with Gasteiger partial charge in [-0.25, -0.2) is 9.59 Å². The zero-order chi connectivity index (χ0) is 28.4. The van der Waals surface area contributed by atoms with Crippen LogP contribution in [0.2, 0.25) is 0 Å². The standard InChI is InChI=1S/C28H54N10O2/c29-25(35-27(39)33-21-23-9-3-1-4-10-23)31-13-7-15-37-17-19-38(20-18-37)16-8-14-32-26(30)36-28(40)34-22-24-11-5-2-6-12-24/h23-24H,1-22H2,(H4,29,31,33,35,39)(H4,30,32,34,36,40). The van der Waals surface area contributed by atoms with Gasteiger partial charge in [0.2, 0.25) is 0 Å². The van der Waals surface area contributed by atoms with Crippen molar-refractivity contribution in [3.8, 4) is 0 Å². The molecule has 12 nitrogen and oxygen atoms in total. The number of nitrogens with zero attached hydrogens (tertiary/aromatic N) is 4. The van der Waals surface area contributed by atoms with Gasteiger partial charge in [-0.15, -0.1) is 0 Å². The summed E-state index contributed by atoms with van der Waals surface area (Å²) >= 11 is 0. The molecule has 8 N–H and O–H groups in total. The van der Waals surface area contributed by atoms with Crippen molar-refractivity contribution < 1.29 is 9.59 Å². The van der Waals surface area contributed by atoms with E-state index in [0.717, 1.165) is 52.1 Å². The van der Waals surface area contributed by atoms with E-state index < -0.39 is 0 Å². The highest BCUT2D eigenvalue weighted by atomic mass is 16.2. The van der Waals surface area contributed by atoms with E-state index in [1.54, 1.807) is 0 Å². The molecule has 0 aromatic rings. The molecule has 0 unspecified atom stereocenters. The van der Waals surface area contributed by atoms with Crippen molar-refractivity contribution in [2.75, 3.05) is 65.4 Å². The van der Waals surface area contributed by atoms with Crippen LogP contribution in [0.5, 0.6) is 0 Å². The third-order valence-corrected chi connectivity index (χ3v) is 8.36. The molecule has 0 aromatic heterocycles. The van der Waals surface area contributed by atoms with Crippen LogP contribution in [0.1, 0.15) is 77.0 Å². The second kappa shape index (κ2) is 18.7. The lowest BCUT2D eigenvalue weighted by Gasteiger charge is -2.34. The smallest absolute Gasteiger partial charge is 0.344 e. The zero-order valence-electron chi connectivity index (χ0n) is 24.5. The van der Waals surface area contributed by atoms with Gasteiger partial charge in [-0.2, -0.15) is 9.98 Å². The van der Waals surface area contributed by atoms with Gasteiger partial charge in [0.05, 0.1) is 0 Å². The minimum Gasteiger partial charge on any atom is -0.370 e. The summed E-state index contributed by atoms with van der Waals surface area (Å²) < 4.78 is 0. The van der Waals surface area contributed by atoms with Crippen molar-refractivity contribution >= 4 is 24.0 Å². The maximum absolute atomic E-state index is 12.0. The summed E-state index contributed by atoms with van der Waals surface area (Å²) in [6.07, 6.45) is 14.3. The van der Waals surface area contributed by atoms with Crippen LogP contribution in [0, 0.1) is 11.8 Å². The van der Waals surface area contributed by atoms with Crippen LogP contribution in [0.4, 0.5) is 9.59 Å². The summed E-state index contributed by atoms with van der Waals surface area (Å²) in [6, 6.07) is -0.709. The Kier molecular flexibility index (Phi) is 14.9. The van der Waals surface area contributed by atoms with Gasteiger partial charge in [-0.3, -0.25) is 0 Å². The van der Waals surface area contributed by atoms with Crippen molar-refractivity contribution in [2.45, 2.75) is 77.0 Å². The molecular weight excluding hydrogens is 508 g/mol. The van der Waals surface area contributed by atoms with E-state index >= 15 is 0 Å². The van der Waals surface area contributed by atoms with Crippen LogP contribution in [-0.2, 0) is 0 Å². The van der Waals surface area contributed by atoms with Gasteiger partial charge in [0, 0.05) is 52.4 Å². The van der Waals surface area contributed by atoms with Crippen LogP contribution in [0.3, 0.4) is 0 Å². The van der Waals surface area contributed by atoms with Gasteiger partial charge >= 0.3 is 12.1 Å². The average Bonchev–Trinajstić information content (AvgIpc) is 2.97. The number of urea groups is 2. The quantitative estimate of drug-likeness (QED) is 0.119. The highest BCUT2D eigenvalue weighted by Crippen LogP contribution is 2.23. The van der Waals surface area contributed by atoms with E-state index in [1.807, 2.05) is 0 Å². The Hall–Kier alpha value is -2.60. The number of aliphatic imine (C=N–C) groups is 2. The van der Waals surface area contributed by atoms with Crippen molar-refractivity contribution in [2.24, 2.45) is 33.3 Å². The number of carbonyl (C=O) groups excluding carboxylic acids is 2. The summed E-state index contributed by atoms with van der Waals surface area (Å²) in [5.41, 5.74) is 11.8. The SMILES string of the molecule is NC(=NC(=O)NCC1CCCCC1)NCCCN1CCN(CCCNC(N)=NC(=O)NCC2CCCCC2)CC1. The Morgan fingerprint density at radius 1 is 0.600 bits per heavy atom. The fourth-order valence-corrected chi connectivity index (χ4v) is 5.90. The highest BCUT2D eigenvalue weighted by Gasteiger charge is 2.17. The normalized spacial score (nSPS) is 20.7.